The number of aryl methyl sites for hydroxylation is 2. The molecule has 1 N–H and O–H groups in total. The van der Waals surface area contributed by atoms with Crippen LogP contribution in [0.15, 0.2) is 57.5 Å². The average Bonchev–Trinajstić information content (AvgIpc) is 3.31. The molecule has 156 valence electrons. The number of unbranched alkanes of at least 4 members (excludes halogenated alkanes) is 1. The molecule has 4 rings (SSSR count). The van der Waals surface area contributed by atoms with E-state index >= 15 is 0 Å². The van der Waals surface area contributed by atoms with E-state index in [1.54, 1.807) is 27.1 Å². The molecule has 4 aromatic rings. The van der Waals surface area contributed by atoms with Crippen LogP contribution in [0, 0.1) is 0 Å². The zero-order valence-corrected chi connectivity index (χ0v) is 17.9. The first-order valence-corrected chi connectivity index (χ1v) is 10.9. The summed E-state index contributed by atoms with van der Waals surface area (Å²) in [4.78, 5) is 36.2. The van der Waals surface area contributed by atoms with Crippen LogP contribution in [0.5, 0.6) is 0 Å². The quantitative estimate of drug-likeness (QED) is 0.439. The van der Waals surface area contributed by atoms with Crippen molar-refractivity contribution in [3.63, 3.8) is 0 Å². The van der Waals surface area contributed by atoms with Gasteiger partial charge >= 0.3 is 5.69 Å². The van der Waals surface area contributed by atoms with Gasteiger partial charge in [0.05, 0.1) is 5.75 Å². The third-order valence-electron chi connectivity index (χ3n) is 5.04. The normalized spacial score (nSPS) is 11.4. The molecular formula is C21H24N6O2S. The molecule has 0 amide bonds. The summed E-state index contributed by atoms with van der Waals surface area (Å²) < 4.78 is 5.42. The highest BCUT2D eigenvalue weighted by atomic mass is 32.2. The third-order valence-corrected chi connectivity index (χ3v) is 6.05. The molecule has 1 aromatic carbocycles. The predicted octanol–water partition coefficient (Wildman–Crippen LogP) is 2.76. The molecule has 3 heterocycles. The fourth-order valence-corrected chi connectivity index (χ4v) is 4.35. The van der Waals surface area contributed by atoms with Crippen LogP contribution >= 0.6 is 11.8 Å². The molecule has 0 spiro atoms. The number of thioether (sulfide) groups is 1. The first-order valence-electron chi connectivity index (χ1n) is 9.94. The molecule has 0 radical (unpaired) electrons. The highest BCUT2D eigenvalue weighted by Gasteiger charge is 2.17. The largest absolute Gasteiger partial charge is 0.330 e. The number of H-pyrrole nitrogens is 1. The number of nitrogens with one attached hydrogen (secondary N) is 1. The van der Waals surface area contributed by atoms with Crippen molar-refractivity contribution in [2.24, 2.45) is 7.05 Å². The Balaban J connectivity index is 1.61. The minimum Gasteiger partial charge on any atom is -0.325 e. The summed E-state index contributed by atoms with van der Waals surface area (Å²) >= 11 is 1.56. The maximum atomic E-state index is 12.4. The molecule has 0 aliphatic heterocycles. The number of hydrogen-bond donors (Lipinski definition) is 1. The van der Waals surface area contributed by atoms with E-state index in [4.69, 9.17) is 0 Å². The summed E-state index contributed by atoms with van der Waals surface area (Å²) in [6, 6.07) is 10.2. The zero-order valence-electron chi connectivity index (χ0n) is 17.0. The number of hydrogen-bond acceptors (Lipinski definition) is 5. The third kappa shape index (κ3) is 3.97. The minimum atomic E-state index is -0.406. The summed E-state index contributed by atoms with van der Waals surface area (Å²) in [5.41, 5.74) is 1.26. The van der Waals surface area contributed by atoms with Gasteiger partial charge in [-0.05, 0) is 12.0 Å². The molecule has 0 aliphatic carbocycles. The lowest BCUT2D eigenvalue weighted by atomic mass is 10.2. The lowest BCUT2D eigenvalue weighted by molar-refractivity contribution is 0.613. The Morgan fingerprint density at radius 1 is 1.17 bits per heavy atom. The van der Waals surface area contributed by atoms with Crippen LogP contribution in [0.3, 0.4) is 0 Å². The van der Waals surface area contributed by atoms with E-state index in [0.717, 1.165) is 30.4 Å². The first-order chi connectivity index (χ1) is 14.6. The molecule has 0 bridgehead atoms. The van der Waals surface area contributed by atoms with Crippen molar-refractivity contribution in [1.82, 2.24) is 28.7 Å². The summed E-state index contributed by atoms with van der Waals surface area (Å²) in [5, 5.41) is 0.878. The van der Waals surface area contributed by atoms with Crippen molar-refractivity contribution in [3.05, 3.63) is 75.0 Å². The van der Waals surface area contributed by atoms with Gasteiger partial charge in [-0.1, -0.05) is 55.4 Å². The van der Waals surface area contributed by atoms with Crippen molar-refractivity contribution in [2.45, 2.75) is 43.8 Å². The second-order valence-electron chi connectivity index (χ2n) is 7.14. The van der Waals surface area contributed by atoms with Gasteiger partial charge in [-0.25, -0.2) is 14.8 Å². The number of benzene rings is 1. The monoisotopic (exact) mass is 424 g/mol. The second kappa shape index (κ2) is 8.74. The fourth-order valence-electron chi connectivity index (χ4n) is 3.41. The average molecular weight is 425 g/mol. The molecule has 0 saturated carbocycles. The van der Waals surface area contributed by atoms with Gasteiger partial charge in [0.2, 0.25) is 0 Å². The Labute approximate surface area is 177 Å². The topological polar surface area (TPSA) is 90.5 Å². The molecule has 0 atom stereocenters. The molecule has 3 aromatic heterocycles. The molecule has 8 nitrogen and oxygen atoms in total. The van der Waals surface area contributed by atoms with Crippen LogP contribution in [0.1, 0.15) is 31.2 Å². The lowest BCUT2D eigenvalue weighted by Crippen LogP contribution is -2.31. The summed E-state index contributed by atoms with van der Waals surface area (Å²) in [5.74, 6) is 1.27. The molecule has 0 fully saturated rings. The maximum Gasteiger partial charge on any atom is 0.330 e. The van der Waals surface area contributed by atoms with Crippen LogP contribution in [0.2, 0.25) is 0 Å². The van der Waals surface area contributed by atoms with Crippen molar-refractivity contribution in [3.8, 4) is 0 Å². The summed E-state index contributed by atoms with van der Waals surface area (Å²) in [7, 11) is 1.81. The Bertz CT molecular complexity index is 1270. The second-order valence-corrected chi connectivity index (χ2v) is 8.08. The van der Waals surface area contributed by atoms with E-state index in [2.05, 4.69) is 38.6 Å². The predicted molar refractivity (Wildman–Crippen MR) is 118 cm³/mol. The molecule has 0 saturated heterocycles. The van der Waals surface area contributed by atoms with E-state index in [1.807, 2.05) is 31.4 Å². The van der Waals surface area contributed by atoms with Crippen molar-refractivity contribution < 1.29 is 0 Å². The number of rotatable bonds is 8. The summed E-state index contributed by atoms with van der Waals surface area (Å²) in [6.45, 7) is 3.33. The van der Waals surface area contributed by atoms with Crippen molar-refractivity contribution in [2.75, 3.05) is 0 Å². The standard InChI is InChI=1S/C21H24N6O2S/c1-3-4-11-27-18-17(19(28)24-20(27)29)25(2)16(23-18)14-30-21-22-10-12-26(21)13-15-8-6-5-7-9-15/h5-10,12H,3-4,11,13-14H2,1-2H3,(H,24,28,29). The molecule has 0 aliphatic rings. The van der Waals surface area contributed by atoms with Crippen LogP contribution in [0.4, 0.5) is 0 Å². The first kappa shape index (κ1) is 20.2. The minimum absolute atomic E-state index is 0.403. The van der Waals surface area contributed by atoms with Crippen LogP contribution < -0.4 is 11.2 Å². The van der Waals surface area contributed by atoms with Gasteiger partial charge < -0.3 is 9.13 Å². The van der Waals surface area contributed by atoms with Crippen LogP contribution in [0.25, 0.3) is 11.2 Å². The maximum absolute atomic E-state index is 12.4. The Kier molecular flexibility index (Phi) is 5.89. The van der Waals surface area contributed by atoms with Gasteiger partial charge in [-0.15, -0.1) is 0 Å². The Hall–Kier alpha value is -3.07. The van der Waals surface area contributed by atoms with Gasteiger partial charge in [0.25, 0.3) is 5.56 Å². The van der Waals surface area contributed by atoms with Gasteiger partial charge in [0.1, 0.15) is 5.82 Å². The van der Waals surface area contributed by atoms with E-state index in [0.29, 0.717) is 23.5 Å². The van der Waals surface area contributed by atoms with Crippen molar-refractivity contribution in [1.29, 1.82) is 0 Å². The van der Waals surface area contributed by atoms with Gasteiger partial charge in [-0.2, -0.15) is 0 Å². The van der Waals surface area contributed by atoms with Gasteiger partial charge in [0.15, 0.2) is 16.3 Å². The molecule has 0 unspecified atom stereocenters. The van der Waals surface area contributed by atoms with Crippen molar-refractivity contribution >= 4 is 22.9 Å². The Morgan fingerprint density at radius 3 is 2.73 bits per heavy atom. The number of imidazole rings is 2. The number of aromatic nitrogens is 6. The Morgan fingerprint density at radius 2 is 1.97 bits per heavy atom. The summed E-state index contributed by atoms with van der Waals surface area (Å²) in [6.07, 6.45) is 5.54. The number of nitrogens with zero attached hydrogens (tertiary/aromatic N) is 5. The van der Waals surface area contributed by atoms with E-state index in [-0.39, 0.29) is 0 Å². The molecular weight excluding hydrogens is 400 g/mol. The smallest absolute Gasteiger partial charge is 0.325 e. The van der Waals surface area contributed by atoms with Gasteiger partial charge in [-0.3, -0.25) is 14.3 Å². The SMILES string of the molecule is CCCCn1c(=O)[nH]c(=O)c2c1nc(CSc1nccn1Cc1ccccc1)n2C. The highest BCUT2D eigenvalue weighted by Crippen LogP contribution is 2.23. The van der Waals surface area contributed by atoms with E-state index in [9.17, 15) is 9.59 Å². The van der Waals surface area contributed by atoms with Crippen LogP contribution in [-0.2, 0) is 25.9 Å². The number of aromatic amines is 1. The number of fused-ring (bicyclic) bond motifs is 1. The van der Waals surface area contributed by atoms with E-state index < -0.39 is 11.2 Å². The lowest BCUT2D eigenvalue weighted by Gasteiger charge is -2.07. The van der Waals surface area contributed by atoms with Crippen LogP contribution in [-0.4, -0.2) is 28.7 Å². The van der Waals surface area contributed by atoms with Gasteiger partial charge in [0, 0.05) is 32.5 Å². The van der Waals surface area contributed by atoms with E-state index in [1.165, 1.54) is 5.56 Å². The fraction of sp³-hybridized carbons (Fsp3) is 0.333. The molecule has 9 heteroatoms. The highest BCUT2D eigenvalue weighted by molar-refractivity contribution is 7.98. The molecule has 30 heavy (non-hydrogen) atoms. The zero-order chi connectivity index (χ0) is 21.1.